The van der Waals surface area contributed by atoms with E-state index in [-0.39, 0.29) is 11.8 Å². The van der Waals surface area contributed by atoms with Crippen LogP contribution in [0.4, 0.5) is 0 Å². The second kappa shape index (κ2) is 4.90. The third kappa shape index (κ3) is 2.08. The molecule has 1 aromatic heterocycles. The van der Waals surface area contributed by atoms with Crippen LogP contribution in [0.25, 0.3) is 11.0 Å². The molecule has 1 fully saturated rings. The van der Waals surface area contributed by atoms with Gasteiger partial charge in [-0.25, -0.2) is 4.98 Å². The first-order chi connectivity index (χ1) is 9.61. The minimum atomic E-state index is -0.823. The van der Waals surface area contributed by atoms with Crippen LogP contribution in [0.1, 0.15) is 25.7 Å². The van der Waals surface area contributed by atoms with Gasteiger partial charge in [0.25, 0.3) is 0 Å². The molecule has 0 aliphatic heterocycles. The summed E-state index contributed by atoms with van der Waals surface area (Å²) in [6.45, 7) is 0.817. The monoisotopic (exact) mass is 272 g/mol. The van der Waals surface area contributed by atoms with Crippen LogP contribution in [0.3, 0.4) is 0 Å². The molecule has 2 unspecified atom stereocenters. The largest absolute Gasteiger partial charge is 0.368 e. The van der Waals surface area contributed by atoms with Crippen molar-refractivity contribution in [2.24, 2.45) is 17.4 Å². The molecule has 2 aromatic rings. The van der Waals surface area contributed by atoms with E-state index in [1.165, 1.54) is 0 Å². The molecule has 5 heteroatoms. The number of aryl methyl sites for hydroxylation is 1. The van der Waals surface area contributed by atoms with Crippen molar-refractivity contribution >= 4 is 16.9 Å². The van der Waals surface area contributed by atoms with Crippen molar-refractivity contribution in [3.8, 4) is 0 Å². The standard InChI is InChI=1S/C15H20N4O/c16-14(20)15(17)8-3-4-11(15)7-9-19-10-18-12-5-1-2-6-13(12)19/h1-2,5-6,10-11H,3-4,7-9,17H2,(H2,16,20). The summed E-state index contributed by atoms with van der Waals surface area (Å²) in [6, 6.07) is 8.04. The average Bonchev–Trinajstić information content (AvgIpc) is 3.01. The van der Waals surface area contributed by atoms with E-state index in [0.29, 0.717) is 6.42 Å². The van der Waals surface area contributed by atoms with Gasteiger partial charge in [-0.15, -0.1) is 0 Å². The predicted octanol–water partition coefficient (Wildman–Crippen LogP) is 1.41. The number of nitrogens with two attached hydrogens (primary N) is 2. The summed E-state index contributed by atoms with van der Waals surface area (Å²) in [5, 5.41) is 0. The number of hydrogen-bond donors (Lipinski definition) is 2. The van der Waals surface area contributed by atoms with Gasteiger partial charge in [-0.2, -0.15) is 0 Å². The second-order valence-electron chi connectivity index (χ2n) is 5.71. The maximum atomic E-state index is 11.6. The second-order valence-corrected chi connectivity index (χ2v) is 5.71. The lowest BCUT2D eigenvalue weighted by molar-refractivity contribution is -0.124. The van der Waals surface area contributed by atoms with Gasteiger partial charge >= 0.3 is 0 Å². The van der Waals surface area contributed by atoms with Crippen molar-refractivity contribution in [3.63, 3.8) is 0 Å². The van der Waals surface area contributed by atoms with Crippen LogP contribution in [0.15, 0.2) is 30.6 Å². The van der Waals surface area contributed by atoms with E-state index in [2.05, 4.69) is 15.6 Å². The van der Waals surface area contributed by atoms with Gasteiger partial charge in [-0.3, -0.25) is 4.79 Å². The normalized spacial score (nSPS) is 26.1. The molecule has 1 aromatic carbocycles. The van der Waals surface area contributed by atoms with Crippen molar-refractivity contribution in [3.05, 3.63) is 30.6 Å². The summed E-state index contributed by atoms with van der Waals surface area (Å²) in [5.74, 6) is -0.198. The Hall–Kier alpha value is -1.88. The van der Waals surface area contributed by atoms with E-state index in [9.17, 15) is 4.79 Å². The Labute approximate surface area is 118 Å². The number of primary amides is 1. The van der Waals surface area contributed by atoms with Gasteiger partial charge in [0, 0.05) is 6.54 Å². The fourth-order valence-electron chi connectivity index (χ4n) is 3.31. The number of benzene rings is 1. The van der Waals surface area contributed by atoms with Crippen LogP contribution >= 0.6 is 0 Å². The molecule has 20 heavy (non-hydrogen) atoms. The molecular weight excluding hydrogens is 252 g/mol. The number of fused-ring (bicyclic) bond motifs is 1. The number of nitrogens with zero attached hydrogens (tertiary/aromatic N) is 2. The van der Waals surface area contributed by atoms with Crippen molar-refractivity contribution in [2.45, 2.75) is 37.8 Å². The summed E-state index contributed by atoms with van der Waals surface area (Å²) < 4.78 is 2.12. The van der Waals surface area contributed by atoms with E-state index in [4.69, 9.17) is 11.5 Å². The maximum absolute atomic E-state index is 11.6. The highest BCUT2D eigenvalue weighted by atomic mass is 16.1. The molecular formula is C15H20N4O. The number of hydrogen-bond acceptors (Lipinski definition) is 3. The predicted molar refractivity (Wildman–Crippen MR) is 77.8 cm³/mol. The Morgan fingerprint density at radius 1 is 1.45 bits per heavy atom. The maximum Gasteiger partial charge on any atom is 0.237 e. The van der Waals surface area contributed by atoms with Crippen LogP contribution in [0, 0.1) is 5.92 Å². The Morgan fingerprint density at radius 3 is 3.05 bits per heavy atom. The summed E-state index contributed by atoms with van der Waals surface area (Å²) in [7, 11) is 0. The topological polar surface area (TPSA) is 86.9 Å². The van der Waals surface area contributed by atoms with Crippen LogP contribution < -0.4 is 11.5 Å². The van der Waals surface area contributed by atoms with Crippen LogP contribution in [0.5, 0.6) is 0 Å². The summed E-state index contributed by atoms with van der Waals surface area (Å²) in [5.41, 5.74) is 13.0. The van der Waals surface area contributed by atoms with E-state index in [0.717, 1.165) is 36.8 Å². The molecule has 0 spiro atoms. The molecule has 2 atom stereocenters. The quantitative estimate of drug-likeness (QED) is 0.882. The fraction of sp³-hybridized carbons (Fsp3) is 0.467. The molecule has 106 valence electrons. The zero-order valence-corrected chi connectivity index (χ0v) is 11.5. The lowest BCUT2D eigenvalue weighted by atomic mass is 9.85. The highest BCUT2D eigenvalue weighted by Gasteiger charge is 2.43. The third-order valence-corrected chi connectivity index (χ3v) is 4.58. The lowest BCUT2D eigenvalue weighted by Gasteiger charge is -2.28. The van der Waals surface area contributed by atoms with Gasteiger partial charge in [-0.1, -0.05) is 18.6 Å². The van der Waals surface area contributed by atoms with E-state index < -0.39 is 5.54 Å². The Bertz CT molecular complexity index is 636. The lowest BCUT2D eigenvalue weighted by Crippen LogP contribution is -2.54. The summed E-state index contributed by atoms with van der Waals surface area (Å²) >= 11 is 0. The van der Waals surface area contributed by atoms with Crippen molar-refractivity contribution in [2.75, 3.05) is 0 Å². The molecule has 0 bridgehead atoms. The van der Waals surface area contributed by atoms with Gasteiger partial charge in [0.2, 0.25) is 5.91 Å². The smallest absolute Gasteiger partial charge is 0.237 e. The van der Waals surface area contributed by atoms with Gasteiger partial charge < -0.3 is 16.0 Å². The zero-order valence-electron chi connectivity index (χ0n) is 11.5. The highest BCUT2D eigenvalue weighted by Crippen LogP contribution is 2.36. The molecule has 5 nitrogen and oxygen atoms in total. The van der Waals surface area contributed by atoms with Gasteiger partial charge in [0.15, 0.2) is 0 Å². The number of carbonyl (C=O) groups excluding carboxylic acids is 1. The van der Waals surface area contributed by atoms with Crippen molar-refractivity contribution < 1.29 is 4.79 Å². The minimum absolute atomic E-state index is 0.168. The molecule has 1 aliphatic carbocycles. The number of imidazole rings is 1. The van der Waals surface area contributed by atoms with Gasteiger partial charge in [0.1, 0.15) is 0 Å². The fourth-order valence-corrected chi connectivity index (χ4v) is 3.31. The first-order valence-electron chi connectivity index (χ1n) is 7.10. The van der Waals surface area contributed by atoms with E-state index in [1.807, 2.05) is 24.5 Å². The van der Waals surface area contributed by atoms with Crippen LogP contribution in [-0.2, 0) is 11.3 Å². The number of rotatable bonds is 4. The SMILES string of the molecule is NC(=O)C1(N)CCCC1CCn1cnc2ccccc21. The van der Waals surface area contributed by atoms with Crippen LogP contribution in [0.2, 0.25) is 0 Å². The summed E-state index contributed by atoms with van der Waals surface area (Å²) in [6.07, 6.45) is 5.38. The van der Waals surface area contributed by atoms with E-state index >= 15 is 0 Å². The van der Waals surface area contributed by atoms with Crippen molar-refractivity contribution in [1.29, 1.82) is 0 Å². The van der Waals surface area contributed by atoms with Gasteiger partial charge in [0.05, 0.1) is 22.9 Å². The third-order valence-electron chi connectivity index (χ3n) is 4.58. The Kier molecular flexibility index (Phi) is 3.22. The molecule has 3 rings (SSSR count). The Morgan fingerprint density at radius 2 is 2.25 bits per heavy atom. The molecule has 1 amide bonds. The number of para-hydroxylation sites is 2. The average molecular weight is 272 g/mol. The number of amides is 1. The molecule has 4 N–H and O–H groups in total. The number of aromatic nitrogens is 2. The molecule has 1 aliphatic rings. The molecule has 1 saturated carbocycles. The zero-order chi connectivity index (χ0) is 14.2. The number of carbonyl (C=O) groups is 1. The molecule has 0 saturated heterocycles. The minimum Gasteiger partial charge on any atom is -0.368 e. The Balaban J connectivity index is 1.75. The van der Waals surface area contributed by atoms with Crippen molar-refractivity contribution in [1.82, 2.24) is 9.55 Å². The molecule has 0 radical (unpaired) electrons. The van der Waals surface area contributed by atoms with Gasteiger partial charge in [-0.05, 0) is 37.3 Å². The molecule has 1 heterocycles. The van der Waals surface area contributed by atoms with Crippen LogP contribution in [-0.4, -0.2) is 21.0 Å². The summed E-state index contributed by atoms with van der Waals surface area (Å²) in [4.78, 5) is 16.0. The first kappa shape index (κ1) is 13.1. The van der Waals surface area contributed by atoms with E-state index in [1.54, 1.807) is 0 Å². The first-order valence-corrected chi connectivity index (χ1v) is 7.10. The highest BCUT2D eigenvalue weighted by molar-refractivity contribution is 5.85.